The summed E-state index contributed by atoms with van der Waals surface area (Å²) < 4.78 is 0. The predicted molar refractivity (Wildman–Crippen MR) is 99.0 cm³/mol. The third-order valence-electron chi connectivity index (χ3n) is 3.48. The van der Waals surface area contributed by atoms with Crippen molar-refractivity contribution in [2.75, 3.05) is 29.6 Å². The average molecular weight is 327 g/mol. The van der Waals surface area contributed by atoms with Gasteiger partial charge < -0.3 is 15.5 Å². The second-order valence-electron chi connectivity index (χ2n) is 5.94. The Morgan fingerprint density at radius 1 is 1.12 bits per heavy atom. The van der Waals surface area contributed by atoms with Crippen LogP contribution >= 0.6 is 0 Å². The number of nitrogens with one attached hydrogen (secondary N) is 2. The van der Waals surface area contributed by atoms with Crippen molar-refractivity contribution in [2.45, 2.75) is 33.1 Å². The first-order valence-electron chi connectivity index (χ1n) is 8.18. The Bertz CT molecular complexity index is 682. The maximum absolute atomic E-state index is 11.7. The lowest BCUT2D eigenvalue weighted by Crippen LogP contribution is -2.12. The lowest BCUT2D eigenvalue weighted by molar-refractivity contribution is -0.116. The lowest BCUT2D eigenvalue weighted by atomic mass is 10.2. The third kappa shape index (κ3) is 5.22. The number of benzene rings is 1. The van der Waals surface area contributed by atoms with Gasteiger partial charge in [0.1, 0.15) is 5.82 Å². The first-order valence-corrected chi connectivity index (χ1v) is 8.18. The van der Waals surface area contributed by atoms with Crippen LogP contribution in [0.3, 0.4) is 0 Å². The van der Waals surface area contributed by atoms with E-state index in [1.807, 2.05) is 56.3 Å². The Morgan fingerprint density at radius 3 is 2.42 bits per heavy atom. The van der Waals surface area contributed by atoms with Gasteiger partial charge in [-0.2, -0.15) is 4.98 Å². The number of rotatable bonds is 7. The standard InChI is InChI=1S/C18H25N5O/c1-5-6-7-17(24)20-14-8-10-15(11-9-14)21-18-19-13(2)12-16(22-18)23(3)4/h8-12H,5-7H2,1-4H3,(H,20,24)(H,19,21,22). The fourth-order valence-electron chi connectivity index (χ4n) is 2.16. The fourth-order valence-corrected chi connectivity index (χ4v) is 2.16. The van der Waals surface area contributed by atoms with E-state index in [1.54, 1.807) is 0 Å². The largest absolute Gasteiger partial charge is 0.363 e. The van der Waals surface area contributed by atoms with Crippen LogP contribution in [-0.4, -0.2) is 30.0 Å². The van der Waals surface area contributed by atoms with E-state index in [4.69, 9.17) is 0 Å². The van der Waals surface area contributed by atoms with Gasteiger partial charge >= 0.3 is 0 Å². The molecule has 0 atom stereocenters. The molecule has 0 saturated carbocycles. The molecule has 0 aliphatic rings. The number of amides is 1. The van der Waals surface area contributed by atoms with Crippen LogP contribution in [0.4, 0.5) is 23.1 Å². The minimum Gasteiger partial charge on any atom is -0.363 e. The van der Waals surface area contributed by atoms with Crippen LogP contribution in [0.5, 0.6) is 0 Å². The Labute approximate surface area is 143 Å². The molecule has 0 radical (unpaired) electrons. The topological polar surface area (TPSA) is 70.2 Å². The zero-order valence-corrected chi connectivity index (χ0v) is 14.8. The quantitative estimate of drug-likeness (QED) is 0.811. The number of unbranched alkanes of at least 4 members (excludes halogenated alkanes) is 1. The van der Waals surface area contributed by atoms with Crippen LogP contribution in [0.15, 0.2) is 30.3 Å². The van der Waals surface area contributed by atoms with E-state index in [1.165, 1.54) is 0 Å². The average Bonchev–Trinajstić information content (AvgIpc) is 2.54. The Morgan fingerprint density at radius 2 is 1.79 bits per heavy atom. The number of nitrogens with zero attached hydrogens (tertiary/aromatic N) is 3. The molecular formula is C18H25N5O. The smallest absolute Gasteiger partial charge is 0.229 e. The second kappa shape index (κ2) is 8.29. The molecule has 0 saturated heterocycles. The summed E-state index contributed by atoms with van der Waals surface area (Å²) in [5.41, 5.74) is 2.56. The second-order valence-corrected chi connectivity index (χ2v) is 5.94. The van der Waals surface area contributed by atoms with Crippen LogP contribution in [-0.2, 0) is 4.79 Å². The molecule has 6 nitrogen and oxygen atoms in total. The number of hydrogen-bond donors (Lipinski definition) is 2. The molecule has 24 heavy (non-hydrogen) atoms. The molecule has 0 aliphatic heterocycles. The summed E-state index contributed by atoms with van der Waals surface area (Å²) in [5, 5.41) is 6.09. The molecule has 6 heteroatoms. The normalized spacial score (nSPS) is 10.3. The maximum Gasteiger partial charge on any atom is 0.229 e. The van der Waals surface area contributed by atoms with Gasteiger partial charge in [-0.1, -0.05) is 13.3 Å². The lowest BCUT2D eigenvalue weighted by Gasteiger charge is -2.14. The molecule has 0 bridgehead atoms. The molecule has 1 aromatic heterocycles. The van der Waals surface area contributed by atoms with E-state index in [0.29, 0.717) is 12.4 Å². The van der Waals surface area contributed by atoms with Crippen molar-refractivity contribution in [1.29, 1.82) is 0 Å². The minimum absolute atomic E-state index is 0.0511. The summed E-state index contributed by atoms with van der Waals surface area (Å²) in [7, 11) is 3.89. The monoisotopic (exact) mass is 327 g/mol. The van der Waals surface area contributed by atoms with Crippen molar-refractivity contribution in [3.8, 4) is 0 Å². The van der Waals surface area contributed by atoms with Gasteiger partial charge in [-0.25, -0.2) is 4.98 Å². The van der Waals surface area contributed by atoms with E-state index < -0.39 is 0 Å². The van der Waals surface area contributed by atoms with E-state index in [9.17, 15) is 4.79 Å². The molecule has 0 unspecified atom stereocenters. The number of anilines is 4. The predicted octanol–water partition coefficient (Wildman–Crippen LogP) is 3.72. The molecule has 1 amide bonds. The summed E-state index contributed by atoms with van der Waals surface area (Å²) in [6.45, 7) is 4.01. The summed E-state index contributed by atoms with van der Waals surface area (Å²) in [5.74, 6) is 1.46. The first-order chi connectivity index (χ1) is 11.5. The minimum atomic E-state index is 0.0511. The SMILES string of the molecule is CCCCC(=O)Nc1ccc(Nc2nc(C)cc(N(C)C)n2)cc1. The van der Waals surface area contributed by atoms with Crippen molar-refractivity contribution in [2.24, 2.45) is 0 Å². The van der Waals surface area contributed by atoms with E-state index >= 15 is 0 Å². The number of aryl methyl sites for hydroxylation is 1. The molecule has 2 rings (SSSR count). The Hall–Kier alpha value is -2.63. The van der Waals surface area contributed by atoms with Crippen LogP contribution in [0.2, 0.25) is 0 Å². The third-order valence-corrected chi connectivity index (χ3v) is 3.48. The molecule has 2 aromatic rings. The number of carbonyl (C=O) groups is 1. The summed E-state index contributed by atoms with van der Waals surface area (Å²) in [6, 6.07) is 9.47. The Kier molecular flexibility index (Phi) is 6.12. The summed E-state index contributed by atoms with van der Waals surface area (Å²) in [4.78, 5) is 22.5. The van der Waals surface area contributed by atoms with Crippen molar-refractivity contribution in [3.05, 3.63) is 36.0 Å². The summed E-state index contributed by atoms with van der Waals surface area (Å²) >= 11 is 0. The fraction of sp³-hybridized carbons (Fsp3) is 0.389. The number of carbonyl (C=O) groups excluding carboxylic acids is 1. The zero-order valence-electron chi connectivity index (χ0n) is 14.8. The zero-order chi connectivity index (χ0) is 17.5. The van der Waals surface area contributed by atoms with E-state index in [2.05, 4.69) is 27.5 Å². The Balaban J connectivity index is 2.02. The van der Waals surface area contributed by atoms with E-state index in [0.717, 1.165) is 35.7 Å². The van der Waals surface area contributed by atoms with Crippen molar-refractivity contribution < 1.29 is 4.79 Å². The van der Waals surface area contributed by atoms with Crippen molar-refractivity contribution in [3.63, 3.8) is 0 Å². The first kappa shape index (κ1) is 17.7. The molecule has 2 N–H and O–H groups in total. The van der Waals surface area contributed by atoms with Crippen LogP contribution in [0.1, 0.15) is 31.9 Å². The van der Waals surface area contributed by atoms with Crippen molar-refractivity contribution >= 4 is 29.0 Å². The highest BCUT2D eigenvalue weighted by Crippen LogP contribution is 2.19. The van der Waals surface area contributed by atoms with Gasteiger partial charge in [-0.05, 0) is 37.6 Å². The van der Waals surface area contributed by atoms with Gasteiger partial charge in [-0.3, -0.25) is 4.79 Å². The van der Waals surface area contributed by atoms with Gasteiger partial charge in [0.2, 0.25) is 11.9 Å². The van der Waals surface area contributed by atoms with Gasteiger partial charge in [-0.15, -0.1) is 0 Å². The summed E-state index contributed by atoms with van der Waals surface area (Å²) in [6.07, 6.45) is 2.48. The van der Waals surface area contributed by atoms with Crippen LogP contribution in [0, 0.1) is 6.92 Å². The van der Waals surface area contributed by atoms with Crippen molar-refractivity contribution in [1.82, 2.24) is 9.97 Å². The maximum atomic E-state index is 11.7. The number of hydrogen-bond acceptors (Lipinski definition) is 5. The highest BCUT2D eigenvalue weighted by molar-refractivity contribution is 5.90. The molecule has 0 aliphatic carbocycles. The number of aromatic nitrogens is 2. The highest BCUT2D eigenvalue weighted by Gasteiger charge is 2.05. The van der Waals surface area contributed by atoms with Gasteiger partial charge in [0.05, 0.1) is 0 Å². The molecule has 128 valence electrons. The van der Waals surface area contributed by atoms with Gasteiger partial charge in [0.15, 0.2) is 0 Å². The van der Waals surface area contributed by atoms with Gasteiger partial charge in [0.25, 0.3) is 0 Å². The highest BCUT2D eigenvalue weighted by atomic mass is 16.1. The van der Waals surface area contributed by atoms with Crippen LogP contribution < -0.4 is 15.5 Å². The molecular weight excluding hydrogens is 302 g/mol. The van der Waals surface area contributed by atoms with Gasteiger partial charge in [0, 0.05) is 43.7 Å². The van der Waals surface area contributed by atoms with E-state index in [-0.39, 0.29) is 5.91 Å². The molecule has 0 spiro atoms. The molecule has 1 aromatic carbocycles. The molecule has 1 heterocycles. The molecule has 0 fully saturated rings. The van der Waals surface area contributed by atoms with Crippen LogP contribution in [0.25, 0.3) is 0 Å².